The van der Waals surface area contributed by atoms with Crippen molar-refractivity contribution in [1.82, 2.24) is 20.0 Å². The molecule has 1 amide bonds. The number of aromatic nitrogens is 3. The van der Waals surface area contributed by atoms with Gasteiger partial charge in [-0.2, -0.15) is 4.98 Å². The summed E-state index contributed by atoms with van der Waals surface area (Å²) >= 11 is 1.41. The second-order valence-corrected chi connectivity index (χ2v) is 8.52. The van der Waals surface area contributed by atoms with Gasteiger partial charge in [-0.3, -0.25) is 9.69 Å². The molecule has 8 nitrogen and oxygen atoms in total. The Kier molecular flexibility index (Phi) is 6.69. The zero-order valence-electron chi connectivity index (χ0n) is 17.4. The van der Waals surface area contributed by atoms with Crippen LogP contribution in [0.2, 0.25) is 0 Å². The molecule has 1 saturated heterocycles. The molecular formula is C21H24FN5O3S. The van der Waals surface area contributed by atoms with Gasteiger partial charge in [0.2, 0.25) is 17.6 Å². The second-order valence-electron chi connectivity index (χ2n) is 7.66. The van der Waals surface area contributed by atoms with Crippen LogP contribution in [0, 0.1) is 5.82 Å². The van der Waals surface area contributed by atoms with E-state index in [1.54, 1.807) is 12.1 Å². The van der Waals surface area contributed by atoms with Gasteiger partial charge in [-0.15, -0.1) is 11.3 Å². The van der Waals surface area contributed by atoms with Gasteiger partial charge in [0.25, 0.3) is 0 Å². The molecule has 2 unspecified atom stereocenters. The number of hydrogen-bond acceptors (Lipinski definition) is 8. The van der Waals surface area contributed by atoms with Crippen LogP contribution in [-0.4, -0.2) is 51.2 Å². The summed E-state index contributed by atoms with van der Waals surface area (Å²) < 4.78 is 24.0. The van der Waals surface area contributed by atoms with Crippen LogP contribution < -0.4 is 5.32 Å². The zero-order chi connectivity index (χ0) is 21.8. The third-order valence-electron chi connectivity index (χ3n) is 4.82. The molecule has 1 fully saturated rings. The SMILES string of the molecule is CC1CN(Cc2csc(NC(=O)CCc3nc(-c4ccc(F)cc4)no3)n2)CC(C)O1. The molecule has 3 heterocycles. The molecule has 2 atom stereocenters. The summed E-state index contributed by atoms with van der Waals surface area (Å²) in [4.78, 5) is 23.4. The Morgan fingerprint density at radius 3 is 2.71 bits per heavy atom. The van der Waals surface area contributed by atoms with Gasteiger partial charge in [0, 0.05) is 43.4 Å². The van der Waals surface area contributed by atoms with Crippen molar-refractivity contribution in [2.75, 3.05) is 18.4 Å². The number of hydrogen-bond donors (Lipinski definition) is 1. The molecule has 31 heavy (non-hydrogen) atoms. The normalized spacial score (nSPS) is 19.5. The molecule has 0 saturated carbocycles. The molecule has 1 aromatic carbocycles. The van der Waals surface area contributed by atoms with Crippen LogP contribution in [0.25, 0.3) is 11.4 Å². The predicted octanol–water partition coefficient (Wildman–Crippen LogP) is 3.51. The van der Waals surface area contributed by atoms with Gasteiger partial charge in [0.1, 0.15) is 5.82 Å². The molecule has 1 aliphatic heterocycles. The number of anilines is 1. The van der Waals surface area contributed by atoms with Gasteiger partial charge in [-0.25, -0.2) is 9.37 Å². The van der Waals surface area contributed by atoms with Gasteiger partial charge in [-0.1, -0.05) is 5.16 Å². The summed E-state index contributed by atoms with van der Waals surface area (Å²) in [6.07, 6.45) is 0.907. The lowest BCUT2D eigenvalue weighted by molar-refractivity contribution is -0.116. The summed E-state index contributed by atoms with van der Waals surface area (Å²) in [5, 5.41) is 9.25. The topological polar surface area (TPSA) is 93.4 Å². The van der Waals surface area contributed by atoms with Crippen LogP contribution >= 0.6 is 11.3 Å². The van der Waals surface area contributed by atoms with Crippen molar-refractivity contribution < 1.29 is 18.4 Å². The maximum absolute atomic E-state index is 13.0. The van der Waals surface area contributed by atoms with Crippen molar-refractivity contribution in [3.63, 3.8) is 0 Å². The third-order valence-corrected chi connectivity index (χ3v) is 5.62. The fourth-order valence-electron chi connectivity index (χ4n) is 3.55. The summed E-state index contributed by atoms with van der Waals surface area (Å²) in [6, 6.07) is 5.83. The fraction of sp³-hybridized carbons (Fsp3) is 0.429. The largest absolute Gasteiger partial charge is 0.373 e. The Hall–Kier alpha value is -2.69. The highest BCUT2D eigenvalue weighted by Gasteiger charge is 2.23. The number of carbonyl (C=O) groups excluding carboxylic acids is 1. The second kappa shape index (κ2) is 9.63. The number of nitrogens with one attached hydrogen (secondary N) is 1. The molecule has 0 radical (unpaired) electrons. The van der Waals surface area contributed by atoms with E-state index in [0.717, 1.165) is 25.3 Å². The number of rotatable bonds is 7. The molecule has 4 rings (SSSR count). The smallest absolute Gasteiger partial charge is 0.227 e. The molecule has 10 heteroatoms. The van der Waals surface area contributed by atoms with Crippen LogP contribution in [0.5, 0.6) is 0 Å². The van der Waals surface area contributed by atoms with Crippen LogP contribution in [0.4, 0.5) is 9.52 Å². The van der Waals surface area contributed by atoms with Crippen molar-refractivity contribution in [3.8, 4) is 11.4 Å². The standard InChI is InChI=1S/C21H24FN5O3S/c1-13-9-27(10-14(2)29-13)11-17-12-31-21(23-17)24-18(28)7-8-19-25-20(26-30-19)15-3-5-16(22)6-4-15/h3-6,12-14H,7-11H2,1-2H3,(H,23,24,28). The minimum Gasteiger partial charge on any atom is -0.373 e. The molecular weight excluding hydrogens is 421 g/mol. The van der Waals surface area contributed by atoms with E-state index in [2.05, 4.69) is 39.2 Å². The van der Waals surface area contributed by atoms with E-state index in [-0.39, 0.29) is 30.4 Å². The number of amides is 1. The number of ether oxygens (including phenoxy) is 1. The molecule has 0 aliphatic carbocycles. The van der Waals surface area contributed by atoms with Crippen molar-refractivity contribution in [1.29, 1.82) is 0 Å². The molecule has 1 N–H and O–H groups in total. The molecule has 3 aromatic rings. The van der Waals surface area contributed by atoms with Crippen molar-refractivity contribution in [3.05, 3.63) is 47.0 Å². The van der Waals surface area contributed by atoms with Crippen molar-refractivity contribution in [2.45, 2.75) is 45.4 Å². The highest BCUT2D eigenvalue weighted by Crippen LogP contribution is 2.20. The number of halogens is 1. The number of nitrogens with zero attached hydrogens (tertiary/aromatic N) is 4. The summed E-state index contributed by atoms with van der Waals surface area (Å²) in [5.41, 5.74) is 1.59. The maximum Gasteiger partial charge on any atom is 0.227 e. The first-order chi connectivity index (χ1) is 14.9. The predicted molar refractivity (Wildman–Crippen MR) is 114 cm³/mol. The van der Waals surface area contributed by atoms with Crippen molar-refractivity contribution in [2.24, 2.45) is 0 Å². The van der Waals surface area contributed by atoms with E-state index in [0.29, 0.717) is 28.8 Å². The number of carbonyl (C=O) groups is 1. The third kappa shape index (κ3) is 5.93. The number of aryl methyl sites for hydroxylation is 1. The van der Waals surface area contributed by atoms with Crippen LogP contribution in [0.15, 0.2) is 34.2 Å². The minimum atomic E-state index is -0.330. The lowest BCUT2D eigenvalue weighted by atomic mass is 10.2. The Bertz CT molecular complexity index is 1010. The fourth-order valence-corrected chi connectivity index (χ4v) is 4.27. The Labute approximate surface area is 183 Å². The lowest BCUT2D eigenvalue weighted by Crippen LogP contribution is -2.44. The first-order valence-corrected chi connectivity index (χ1v) is 11.0. The molecule has 1 aliphatic rings. The van der Waals surface area contributed by atoms with Gasteiger partial charge in [0.15, 0.2) is 5.13 Å². The monoisotopic (exact) mass is 445 g/mol. The van der Waals surface area contributed by atoms with E-state index in [4.69, 9.17) is 9.26 Å². The summed E-state index contributed by atoms with van der Waals surface area (Å²) in [5.74, 6) is 0.219. The van der Waals surface area contributed by atoms with Gasteiger partial charge < -0.3 is 14.6 Å². The van der Waals surface area contributed by atoms with Crippen LogP contribution in [-0.2, 0) is 22.5 Å². The molecule has 0 spiro atoms. The zero-order valence-corrected chi connectivity index (χ0v) is 18.2. The van der Waals surface area contributed by atoms with Crippen LogP contribution in [0.3, 0.4) is 0 Å². The Morgan fingerprint density at radius 2 is 1.97 bits per heavy atom. The number of morpholine rings is 1. The highest BCUT2D eigenvalue weighted by molar-refractivity contribution is 7.13. The molecule has 2 aromatic heterocycles. The van der Waals surface area contributed by atoms with E-state index in [1.165, 1.54) is 23.5 Å². The number of thiazole rings is 1. The lowest BCUT2D eigenvalue weighted by Gasteiger charge is -2.34. The van der Waals surface area contributed by atoms with Gasteiger partial charge >= 0.3 is 0 Å². The average molecular weight is 446 g/mol. The quantitative estimate of drug-likeness (QED) is 0.595. The van der Waals surface area contributed by atoms with Gasteiger partial charge in [-0.05, 0) is 38.1 Å². The van der Waals surface area contributed by atoms with E-state index >= 15 is 0 Å². The van der Waals surface area contributed by atoms with Gasteiger partial charge in [0.05, 0.1) is 17.9 Å². The van der Waals surface area contributed by atoms with E-state index in [9.17, 15) is 9.18 Å². The number of benzene rings is 1. The molecule has 164 valence electrons. The summed E-state index contributed by atoms with van der Waals surface area (Å²) in [6.45, 7) is 6.61. The van der Waals surface area contributed by atoms with E-state index < -0.39 is 0 Å². The average Bonchev–Trinajstić information content (AvgIpc) is 3.36. The highest BCUT2D eigenvalue weighted by atomic mass is 32.1. The molecule has 0 bridgehead atoms. The van der Waals surface area contributed by atoms with Crippen molar-refractivity contribution >= 4 is 22.4 Å². The first-order valence-electron chi connectivity index (χ1n) is 10.1. The minimum absolute atomic E-state index is 0.170. The van der Waals surface area contributed by atoms with E-state index in [1.807, 2.05) is 5.38 Å². The van der Waals surface area contributed by atoms with Crippen LogP contribution in [0.1, 0.15) is 31.9 Å². The maximum atomic E-state index is 13.0. The summed E-state index contributed by atoms with van der Waals surface area (Å²) in [7, 11) is 0. The first kappa shape index (κ1) is 21.5. The Balaban J connectivity index is 1.25. The Morgan fingerprint density at radius 1 is 1.23 bits per heavy atom.